The van der Waals surface area contributed by atoms with Gasteiger partial charge in [-0.1, -0.05) is 0 Å². The Hall–Kier alpha value is -1.59. The first-order valence-electron chi connectivity index (χ1n) is 2.95. The van der Waals surface area contributed by atoms with Crippen LogP contribution in [0.25, 0.3) is 0 Å². The molecule has 0 saturated heterocycles. The molecule has 1 aromatic rings. The summed E-state index contributed by atoms with van der Waals surface area (Å²) in [6.07, 6.45) is 0. The van der Waals surface area contributed by atoms with Gasteiger partial charge in [-0.05, 0) is 4.90 Å². The van der Waals surface area contributed by atoms with Crippen LogP contribution in [0.1, 0.15) is 16.2 Å². The number of nitrogens with one attached hydrogen (secondary N) is 1. The fourth-order valence-corrected chi connectivity index (χ4v) is 0.616. The summed E-state index contributed by atoms with van der Waals surface area (Å²) in [7, 11) is 1.45. The van der Waals surface area contributed by atoms with Gasteiger partial charge < -0.3 is 10.5 Å². The van der Waals surface area contributed by atoms with Crippen molar-refractivity contribution in [2.75, 3.05) is 7.05 Å². The van der Waals surface area contributed by atoms with Crippen LogP contribution in [-0.2, 0) is 0 Å². The van der Waals surface area contributed by atoms with Gasteiger partial charge in [-0.15, -0.1) is 0 Å². The zero-order valence-corrected chi connectivity index (χ0v) is 6.12. The summed E-state index contributed by atoms with van der Waals surface area (Å²) >= 11 is 0. The summed E-state index contributed by atoms with van der Waals surface area (Å²) in [6, 6.07) is 0. The zero-order valence-electron chi connectivity index (χ0n) is 6.12. The topological polar surface area (TPSA) is 82.1 Å². The number of carbonyl (C=O) groups is 1. The highest BCUT2D eigenvalue weighted by atomic mass is 16.8. The number of amides is 1. The summed E-state index contributed by atoms with van der Waals surface area (Å²) in [5.41, 5.74) is 0.173. The molecule has 0 saturated carbocycles. The first-order chi connectivity index (χ1) is 5.16. The third kappa shape index (κ3) is 1.14. The van der Waals surface area contributed by atoms with Crippen molar-refractivity contribution < 1.29 is 14.3 Å². The van der Waals surface area contributed by atoms with Crippen molar-refractivity contribution in [3.8, 4) is 0 Å². The Balaban J connectivity index is 3.04. The van der Waals surface area contributed by atoms with Gasteiger partial charge in [0.2, 0.25) is 5.69 Å². The Labute approximate surface area is 62.3 Å². The number of rotatable bonds is 1. The van der Waals surface area contributed by atoms with Crippen molar-refractivity contribution in [3.05, 3.63) is 16.6 Å². The number of hydrogen-bond donors (Lipinski definition) is 1. The molecule has 1 rings (SSSR count). The molecule has 1 amide bonds. The Bertz CT molecular complexity index is 281. The Morgan fingerprint density at radius 3 is 2.82 bits per heavy atom. The minimum Gasteiger partial charge on any atom is -0.359 e. The summed E-state index contributed by atoms with van der Waals surface area (Å²) in [4.78, 5) is 11.0. The lowest BCUT2D eigenvalue weighted by molar-refractivity contribution is -0.806. The molecule has 11 heavy (non-hydrogen) atoms. The van der Waals surface area contributed by atoms with Crippen LogP contribution in [0.15, 0.2) is 4.63 Å². The van der Waals surface area contributed by atoms with Crippen LogP contribution in [0.2, 0.25) is 0 Å². The smallest absolute Gasteiger partial charge is 0.307 e. The molecule has 1 heterocycles. The van der Waals surface area contributed by atoms with Gasteiger partial charge in [0.15, 0.2) is 0 Å². The fourth-order valence-electron chi connectivity index (χ4n) is 0.616. The van der Waals surface area contributed by atoms with E-state index in [1.165, 1.54) is 14.0 Å². The molecule has 0 spiro atoms. The molecular weight excluding hydrogens is 150 g/mol. The predicted octanol–water partition coefficient (Wildman–Crippen LogP) is -1.02. The van der Waals surface area contributed by atoms with Crippen molar-refractivity contribution in [2.24, 2.45) is 0 Å². The van der Waals surface area contributed by atoms with Gasteiger partial charge in [0, 0.05) is 14.0 Å². The molecule has 0 unspecified atom stereocenters. The highest BCUT2D eigenvalue weighted by Crippen LogP contribution is 1.96. The van der Waals surface area contributed by atoms with Crippen molar-refractivity contribution in [2.45, 2.75) is 6.92 Å². The molecule has 6 nitrogen and oxygen atoms in total. The van der Waals surface area contributed by atoms with E-state index in [1.807, 2.05) is 0 Å². The fraction of sp³-hybridized carbons (Fsp3) is 0.400. The SMILES string of the molecule is CNC(=O)c1no[n+]([O-])c1C. The van der Waals surface area contributed by atoms with Gasteiger partial charge in [-0.25, -0.2) is 0 Å². The highest BCUT2D eigenvalue weighted by molar-refractivity contribution is 5.92. The molecule has 1 aromatic heterocycles. The molecule has 0 aliphatic carbocycles. The minimum atomic E-state index is -0.430. The van der Waals surface area contributed by atoms with Crippen LogP contribution in [-0.4, -0.2) is 18.1 Å². The van der Waals surface area contributed by atoms with E-state index in [2.05, 4.69) is 15.1 Å². The quantitative estimate of drug-likeness (QED) is 0.529. The first-order valence-corrected chi connectivity index (χ1v) is 2.95. The Morgan fingerprint density at radius 1 is 1.82 bits per heavy atom. The van der Waals surface area contributed by atoms with Crippen LogP contribution in [0.4, 0.5) is 0 Å². The normalized spacial score (nSPS) is 9.64. The number of nitrogens with zero attached hydrogens (tertiary/aromatic N) is 2. The van der Waals surface area contributed by atoms with E-state index >= 15 is 0 Å². The van der Waals surface area contributed by atoms with Gasteiger partial charge >= 0.3 is 11.6 Å². The molecule has 0 aliphatic heterocycles. The molecule has 0 atom stereocenters. The van der Waals surface area contributed by atoms with Crippen molar-refractivity contribution in [1.29, 1.82) is 0 Å². The van der Waals surface area contributed by atoms with Crippen molar-refractivity contribution >= 4 is 5.91 Å². The van der Waals surface area contributed by atoms with Crippen molar-refractivity contribution in [1.82, 2.24) is 10.5 Å². The molecule has 6 heteroatoms. The number of aromatic nitrogens is 2. The third-order valence-corrected chi connectivity index (χ3v) is 1.26. The maximum atomic E-state index is 10.9. The monoisotopic (exact) mass is 157 g/mol. The number of carbonyl (C=O) groups excluding carboxylic acids is 1. The largest absolute Gasteiger partial charge is 0.359 e. The molecule has 1 N–H and O–H groups in total. The summed E-state index contributed by atoms with van der Waals surface area (Å²) in [6.45, 7) is 1.45. The van der Waals surface area contributed by atoms with E-state index in [9.17, 15) is 10.0 Å². The highest BCUT2D eigenvalue weighted by Gasteiger charge is 2.20. The minimum absolute atomic E-state index is 0.0162. The summed E-state index contributed by atoms with van der Waals surface area (Å²) < 4.78 is 4.17. The molecule has 0 aromatic carbocycles. The number of hydrogen-bond acceptors (Lipinski definition) is 4. The first kappa shape index (κ1) is 7.52. The van der Waals surface area contributed by atoms with Gasteiger partial charge in [-0.2, -0.15) is 0 Å². The Kier molecular flexibility index (Phi) is 1.75. The molecule has 0 bridgehead atoms. The molecule has 0 fully saturated rings. The van der Waals surface area contributed by atoms with E-state index in [1.54, 1.807) is 0 Å². The van der Waals surface area contributed by atoms with E-state index in [-0.39, 0.29) is 16.3 Å². The van der Waals surface area contributed by atoms with Gasteiger partial charge in [-0.3, -0.25) is 9.42 Å². The van der Waals surface area contributed by atoms with Crippen LogP contribution in [0.5, 0.6) is 0 Å². The van der Waals surface area contributed by atoms with Crippen LogP contribution in [0, 0.1) is 12.1 Å². The van der Waals surface area contributed by atoms with Crippen LogP contribution in [0.3, 0.4) is 0 Å². The average molecular weight is 157 g/mol. The lowest BCUT2D eigenvalue weighted by atomic mass is 10.3. The molecular formula is C5H7N3O3. The van der Waals surface area contributed by atoms with E-state index in [0.717, 1.165) is 0 Å². The summed E-state index contributed by atoms with van der Waals surface area (Å²) in [5, 5.41) is 16.1. The maximum absolute atomic E-state index is 10.9. The van der Waals surface area contributed by atoms with Crippen molar-refractivity contribution in [3.63, 3.8) is 0 Å². The second-order valence-corrected chi connectivity index (χ2v) is 1.94. The second-order valence-electron chi connectivity index (χ2n) is 1.94. The van der Waals surface area contributed by atoms with E-state index < -0.39 is 5.91 Å². The lowest BCUT2D eigenvalue weighted by Crippen LogP contribution is -2.28. The average Bonchev–Trinajstić information content (AvgIpc) is 2.32. The molecule has 0 radical (unpaired) electrons. The second kappa shape index (κ2) is 2.57. The predicted molar refractivity (Wildman–Crippen MR) is 33.6 cm³/mol. The van der Waals surface area contributed by atoms with Gasteiger partial charge in [0.1, 0.15) is 0 Å². The molecule has 0 aliphatic rings. The zero-order chi connectivity index (χ0) is 8.43. The Morgan fingerprint density at radius 2 is 2.45 bits per heavy atom. The van der Waals surface area contributed by atoms with Gasteiger partial charge in [0.05, 0.1) is 5.16 Å². The van der Waals surface area contributed by atoms with Gasteiger partial charge in [0.25, 0.3) is 0 Å². The molecule has 60 valence electrons. The van der Waals surface area contributed by atoms with E-state index in [4.69, 9.17) is 0 Å². The summed E-state index contributed by atoms with van der Waals surface area (Å²) in [5.74, 6) is -0.430. The third-order valence-electron chi connectivity index (χ3n) is 1.26. The lowest BCUT2D eigenvalue weighted by Gasteiger charge is -1.88. The van der Waals surface area contributed by atoms with Crippen LogP contribution >= 0.6 is 0 Å². The standard InChI is InChI=1S/C5H7N3O3/c1-3-4(5(9)6-2)7-11-8(3)10/h1-2H3,(H,6,9). The maximum Gasteiger partial charge on any atom is 0.307 e. The van der Waals surface area contributed by atoms with Crippen LogP contribution < -0.4 is 10.2 Å². The van der Waals surface area contributed by atoms with E-state index in [0.29, 0.717) is 0 Å².